The lowest BCUT2D eigenvalue weighted by Crippen LogP contribution is -2.15. The van der Waals surface area contributed by atoms with Crippen molar-refractivity contribution in [1.82, 2.24) is 9.78 Å². The van der Waals surface area contributed by atoms with Crippen molar-refractivity contribution in [2.75, 3.05) is 11.9 Å². The fourth-order valence-electron chi connectivity index (χ4n) is 2.07. The summed E-state index contributed by atoms with van der Waals surface area (Å²) in [6.07, 6.45) is 2.03. The van der Waals surface area contributed by atoms with Gasteiger partial charge in [0.15, 0.2) is 11.5 Å². The smallest absolute Gasteiger partial charge is 0.387 e. The van der Waals surface area contributed by atoms with Gasteiger partial charge in [0.05, 0.1) is 12.3 Å². The summed E-state index contributed by atoms with van der Waals surface area (Å²) >= 11 is 0. The molecule has 1 N–H and O–H groups in total. The molecule has 8 heteroatoms. The lowest BCUT2D eigenvalue weighted by molar-refractivity contribution is -0.116. The predicted octanol–water partition coefficient (Wildman–Crippen LogP) is 3.22. The van der Waals surface area contributed by atoms with Crippen LogP contribution in [0.4, 0.5) is 14.5 Å². The molecule has 2 aromatic rings. The first-order chi connectivity index (χ1) is 11.5. The number of benzene rings is 1. The quantitative estimate of drug-likeness (QED) is 0.802. The summed E-state index contributed by atoms with van der Waals surface area (Å²) in [5, 5.41) is 6.89. The van der Waals surface area contributed by atoms with Gasteiger partial charge in [-0.25, -0.2) is 0 Å². The number of amides is 1. The number of alkyl halides is 2. The fraction of sp³-hybridized carbons (Fsp3) is 0.375. The van der Waals surface area contributed by atoms with E-state index in [2.05, 4.69) is 15.2 Å². The van der Waals surface area contributed by atoms with Gasteiger partial charge >= 0.3 is 6.61 Å². The molecule has 1 aromatic heterocycles. The maximum atomic E-state index is 12.4. The zero-order chi connectivity index (χ0) is 17.5. The third kappa shape index (κ3) is 5.22. The van der Waals surface area contributed by atoms with Crippen molar-refractivity contribution in [3.8, 4) is 11.5 Å². The lowest BCUT2D eigenvalue weighted by atomic mass is 10.2. The lowest BCUT2D eigenvalue weighted by Gasteiger charge is -2.13. The normalized spacial score (nSPS) is 10.7. The first-order valence-corrected chi connectivity index (χ1v) is 7.49. The van der Waals surface area contributed by atoms with E-state index in [0.717, 1.165) is 5.69 Å². The highest BCUT2D eigenvalue weighted by molar-refractivity contribution is 5.91. The monoisotopic (exact) mass is 339 g/mol. The Morgan fingerprint density at radius 2 is 2.12 bits per heavy atom. The van der Waals surface area contributed by atoms with Gasteiger partial charge in [0.1, 0.15) is 0 Å². The van der Waals surface area contributed by atoms with Crippen molar-refractivity contribution in [3.63, 3.8) is 0 Å². The predicted molar refractivity (Wildman–Crippen MR) is 84.5 cm³/mol. The second-order valence-electron chi connectivity index (χ2n) is 4.99. The van der Waals surface area contributed by atoms with Gasteiger partial charge in [0.25, 0.3) is 0 Å². The molecule has 0 unspecified atom stereocenters. The van der Waals surface area contributed by atoms with Gasteiger partial charge in [-0.15, -0.1) is 0 Å². The number of anilines is 1. The van der Waals surface area contributed by atoms with Gasteiger partial charge < -0.3 is 14.8 Å². The van der Waals surface area contributed by atoms with Crippen LogP contribution in [0, 0.1) is 6.92 Å². The van der Waals surface area contributed by atoms with Crippen LogP contribution >= 0.6 is 0 Å². The molecule has 0 bridgehead atoms. The Morgan fingerprint density at radius 1 is 1.33 bits per heavy atom. The number of aryl methyl sites for hydroxylation is 2. The molecule has 6 nitrogen and oxygen atoms in total. The minimum atomic E-state index is -2.94. The summed E-state index contributed by atoms with van der Waals surface area (Å²) in [5.41, 5.74) is 1.33. The molecule has 1 heterocycles. The molecular weight excluding hydrogens is 320 g/mol. The summed E-state index contributed by atoms with van der Waals surface area (Å²) in [7, 11) is 0. The summed E-state index contributed by atoms with van der Waals surface area (Å²) < 4.78 is 36.0. The molecule has 0 atom stereocenters. The molecule has 0 aliphatic carbocycles. The Balaban J connectivity index is 1.97. The summed E-state index contributed by atoms with van der Waals surface area (Å²) in [6, 6.07) is 6.13. The molecule has 1 aromatic carbocycles. The SMILES string of the molecule is CCOc1cc(NC(=O)CCn2ccc(C)n2)ccc1OC(F)F. The Morgan fingerprint density at radius 3 is 2.75 bits per heavy atom. The number of nitrogens with zero attached hydrogens (tertiary/aromatic N) is 2. The second kappa shape index (κ2) is 8.28. The van der Waals surface area contributed by atoms with Crippen LogP contribution in [0.5, 0.6) is 11.5 Å². The number of ether oxygens (including phenoxy) is 2. The van der Waals surface area contributed by atoms with Crippen molar-refractivity contribution >= 4 is 11.6 Å². The number of carbonyl (C=O) groups is 1. The van der Waals surface area contributed by atoms with Crippen molar-refractivity contribution in [1.29, 1.82) is 0 Å². The number of hydrogen-bond acceptors (Lipinski definition) is 4. The third-order valence-electron chi connectivity index (χ3n) is 3.09. The summed E-state index contributed by atoms with van der Waals surface area (Å²) in [4.78, 5) is 12.0. The molecule has 130 valence electrons. The van der Waals surface area contributed by atoms with Crippen LogP contribution in [0.25, 0.3) is 0 Å². The zero-order valence-electron chi connectivity index (χ0n) is 13.5. The molecule has 0 radical (unpaired) electrons. The maximum absolute atomic E-state index is 12.4. The average molecular weight is 339 g/mol. The van der Waals surface area contributed by atoms with Gasteiger partial charge in [-0.3, -0.25) is 9.48 Å². The van der Waals surface area contributed by atoms with Gasteiger partial charge in [-0.1, -0.05) is 0 Å². The van der Waals surface area contributed by atoms with Crippen molar-refractivity contribution in [3.05, 3.63) is 36.2 Å². The maximum Gasteiger partial charge on any atom is 0.387 e. The van der Waals surface area contributed by atoms with Crippen LogP contribution in [0.15, 0.2) is 30.5 Å². The van der Waals surface area contributed by atoms with Crippen LogP contribution in [0.1, 0.15) is 19.0 Å². The molecule has 0 fully saturated rings. The number of aromatic nitrogens is 2. The van der Waals surface area contributed by atoms with E-state index >= 15 is 0 Å². The van der Waals surface area contributed by atoms with E-state index in [-0.39, 0.29) is 30.4 Å². The van der Waals surface area contributed by atoms with E-state index < -0.39 is 6.61 Å². The van der Waals surface area contributed by atoms with Gasteiger partial charge in [-0.2, -0.15) is 13.9 Å². The Bertz CT molecular complexity index is 689. The number of rotatable bonds is 8. The van der Waals surface area contributed by atoms with E-state index in [1.54, 1.807) is 17.8 Å². The third-order valence-corrected chi connectivity index (χ3v) is 3.09. The molecule has 0 spiro atoms. The van der Waals surface area contributed by atoms with Crippen LogP contribution in [0.2, 0.25) is 0 Å². The summed E-state index contributed by atoms with van der Waals surface area (Å²) in [5.74, 6) is -0.136. The Kier molecular flexibility index (Phi) is 6.11. The minimum absolute atomic E-state index is 0.0723. The first kappa shape index (κ1) is 17.7. The number of halogens is 2. The summed E-state index contributed by atoms with van der Waals surface area (Å²) in [6.45, 7) is 1.39. The van der Waals surface area contributed by atoms with E-state index in [1.807, 2.05) is 13.0 Å². The van der Waals surface area contributed by atoms with Crippen molar-refractivity contribution in [2.24, 2.45) is 0 Å². The number of nitrogens with one attached hydrogen (secondary N) is 1. The van der Waals surface area contributed by atoms with Crippen LogP contribution < -0.4 is 14.8 Å². The molecule has 0 saturated heterocycles. The van der Waals surface area contributed by atoms with E-state index in [1.165, 1.54) is 18.2 Å². The largest absolute Gasteiger partial charge is 0.490 e. The minimum Gasteiger partial charge on any atom is -0.490 e. The molecule has 24 heavy (non-hydrogen) atoms. The fourth-order valence-corrected chi connectivity index (χ4v) is 2.07. The molecule has 2 rings (SSSR count). The van der Waals surface area contributed by atoms with E-state index in [9.17, 15) is 13.6 Å². The highest BCUT2D eigenvalue weighted by atomic mass is 19.3. The molecule has 0 saturated carbocycles. The number of hydrogen-bond donors (Lipinski definition) is 1. The van der Waals surface area contributed by atoms with Crippen LogP contribution in [-0.2, 0) is 11.3 Å². The van der Waals surface area contributed by atoms with Gasteiger partial charge in [-0.05, 0) is 32.0 Å². The molecular formula is C16H19F2N3O3. The van der Waals surface area contributed by atoms with Crippen LogP contribution in [-0.4, -0.2) is 28.9 Å². The van der Waals surface area contributed by atoms with Crippen molar-refractivity contribution in [2.45, 2.75) is 33.4 Å². The van der Waals surface area contributed by atoms with Gasteiger partial charge in [0, 0.05) is 30.9 Å². The van der Waals surface area contributed by atoms with Crippen molar-refractivity contribution < 1.29 is 23.0 Å². The van der Waals surface area contributed by atoms with Crippen LogP contribution in [0.3, 0.4) is 0 Å². The average Bonchev–Trinajstić information content (AvgIpc) is 2.93. The first-order valence-electron chi connectivity index (χ1n) is 7.49. The van der Waals surface area contributed by atoms with E-state index in [0.29, 0.717) is 12.2 Å². The zero-order valence-corrected chi connectivity index (χ0v) is 13.5. The Labute approximate surface area is 138 Å². The standard InChI is InChI=1S/C16H19F2N3O3/c1-3-23-14-10-12(4-5-13(14)24-16(17)18)19-15(22)7-9-21-8-6-11(2)20-21/h4-6,8,10,16H,3,7,9H2,1-2H3,(H,19,22). The molecule has 1 amide bonds. The van der Waals surface area contributed by atoms with E-state index in [4.69, 9.17) is 4.74 Å². The molecule has 0 aliphatic rings. The van der Waals surface area contributed by atoms with Gasteiger partial charge in [0.2, 0.25) is 5.91 Å². The number of carbonyl (C=O) groups excluding carboxylic acids is 1. The topological polar surface area (TPSA) is 65.4 Å². The Hall–Kier alpha value is -2.64. The molecule has 0 aliphatic heterocycles. The highest BCUT2D eigenvalue weighted by Crippen LogP contribution is 2.31. The highest BCUT2D eigenvalue weighted by Gasteiger charge is 2.12. The second-order valence-corrected chi connectivity index (χ2v) is 4.99.